The van der Waals surface area contributed by atoms with Gasteiger partial charge >= 0.3 is 0 Å². The van der Waals surface area contributed by atoms with Gasteiger partial charge in [0.05, 0.1) is 0 Å². The van der Waals surface area contributed by atoms with Crippen molar-refractivity contribution in [2.45, 2.75) is 27.7 Å². The summed E-state index contributed by atoms with van der Waals surface area (Å²) in [6.07, 6.45) is 0. The summed E-state index contributed by atoms with van der Waals surface area (Å²) in [5.41, 5.74) is 28.2. The van der Waals surface area contributed by atoms with Gasteiger partial charge in [0, 0.05) is 68.2 Å². The number of benzene rings is 20. The van der Waals surface area contributed by atoms with Gasteiger partial charge in [0.25, 0.3) is 0 Å². The van der Waals surface area contributed by atoms with Gasteiger partial charge in [-0.15, -0.1) is 0 Å². The van der Waals surface area contributed by atoms with Gasteiger partial charge in [0.2, 0.25) is 0 Å². The number of nitrogens with zero attached hydrogens (tertiary/aromatic N) is 4. The van der Waals surface area contributed by atoms with Crippen LogP contribution in [0.15, 0.2) is 437 Å². The van der Waals surface area contributed by atoms with Crippen LogP contribution in [0.1, 0.15) is 22.3 Å². The van der Waals surface area contributed by atoms with Crippen molar-refractivity contribution in [3.8, 4) is 44.5 Å². The fraction of sp³-hybridized carbons (Fsp3) is 0.0357. The van der Waals surface area contributed by atoms with Gasteiger partial charge in [-0.2, -0.15) is 0 Å². The van der Waals surface area contributed by atoms with Crippen molar-refractivity contribution in [3.05, 3.63) is 459 Å². The smallest absolute Gasteiger partial charge is 0.0464 e. The average molecular weight is 1490 g/mol. The first-order valence-electron chi connectivity index (χ1n) is 40.0. The van der Waals surface area contributed by atoms with Crippen LogP contribution in [0.2, 0.25) is 0 Å². The van der Waals surface area contributed by atoms with E-state index in [0.717, 1.165) is 68.2 Å². The lowest BCUT2D eigenvalue weighted by atomic mass is 9.87. The minimum Gasteiger partial charge on any atom is -0.311 e. The SMILES string of the molecule is Cc1ccc(N(c2ccccc2)c2ccc(-c3cc4c5ccccc5c(-c5ccc(N(c6ccccc6)c6ccc(C)cc6)cc5)cc4c4ccccc34)cc2)cc1.Cc1cccc(N(c2ccccc2)c2ccc(-c3cc4c5ccccc5c(-c5ccc(N(c6ccccc6)c6cccc(C)c6)cc5)cc4c4ccccc34)cc2)c1. The summed E-state index contributed by atoms with van der Waals surface area (Å²) in [4.78, 5) is 9.31. The lowest BCUT2D eigenvalue weighted by Crippen LogP contribution is -2.09. The summed E-state index contributed by atoms with van der Waals surface area (Å²) in [6, 6.07) is 159. The Balaban J connectivity index is 0.000000155. The zero-order valence-electron chi connectivity index (χ0n) is 65.4. The third-order valence-electron chi connectivity index (χ3n) is 22.7. The van der Waals surface area contributed by atoms with Crippen molar-refractivity contribution in [1.29, 1.82) is 0 Å². The Labute approximate surface area is 679 Å². The topological polar surface area (TPSA) is 13.0 Å². The Kier molecular flexibility index (Phi) is 19.3. The highest BCUT2D eigenvalue weighted by Crippen LogP contribution is 2.48. The van der Waals surface area contributed by atoms with Crippen molar-refractivity contribution in [1.82, 2.24) is 0 Å². The second kappa shape index (κ2) is 31.4. The van der Waals surface area contributed by atoms with Crippen LogP contribution in [-0.4, -0.2) is 0 Å². The Morgan fingerprint density at radius 3 is 0.526 bits per heavy atom. The number of para-hydroxylation sites is 4. The van der Waals surface area contributed by atoms with Gasteiger partial charge in [0.15, 0.2) is 0 Å². The lowest BCUT2D eigenvalue weighted by Gasteiger charge is -2.26. The van der Waals surface area contributed by atoms with E-state index in [1.165, 1.54) is 131 Å². The molecule has 0 aliphatic heterocycles. The summed E-state index contributed by atoms with van der Waals surface area (Å²) in [6.45, 7) is 8.56. The molecular weight excluding hydrogens is 1400 g/mol. The molecule has 552 valence electrons. The first-order chi connectivity index (χ1) is 57.2. The highest BCUT2D eigenvalue weighted by atomic mass is 15.2. The van der Waals surface area contributed by atoms with Crippen molar-refractivity contribution >= 4 is 133 Å². The number of hydrogen-bond donors (Lipinski definition) is 0. The molecule has 20 aromatic carbocycles. The van der Waals surface area contributed by atoms with Gasteiger partial charge < -0.3 is 19.6 Å². The highest BCUT2D eigenvalue weighted by molar-refractivity contribution is 6.25. The predicted molar refractivity (Wildman–Crippen MR) is 497 cm³/mol. The number of anilines is 12. The molecule has 4 nitrogen and oxygen atoms in total. The van der Waals surface area contributed by atoms with E-state index in [9.17, 15) is 0 Å². The van der Waals surface area contributed by atoms with Crippen molar-refractivity contribution < 1.29 is 0 Å². The van der Waals surface area contributed by atoms with Gasteiger partial charge in [-0.1, -0.05) is 278 Å². The Morgan fingerprint density at radius 2 is 0.302 bits per heavy atom. The van der Waals surface area contributed by atoms with Crippen LogP contribution < -0.4 is 19.6 Å². The summed E-state index contributed by atoms with van der Waals surface area (Å²) in [5, 5.41) is 15.0. The molecule has 0 heterocycles. The average Bonchev–Trinajstić information content (AvgIpc) is 0.735. The summed E-state index contributed by atoms with van der Waals surface area (Å²) < 4.78 is 0. The second-order valence-corrected chi connectivity index (χ2v) is 30.3. The lowest BCUT2D eigenvalue weighted by molar-refractivity contribution is 1.27. The quantitative estimate of drug-likeness (QED) is 0.0894. The molecule has 0 fully saturated rings. The maximum atomic E-state index is 2.41. The zero-order valence-corrected chi connectivity index (χ0v) is 65.4. The van der Waals surface area contributed by atoms with E-state index in [2.05, 4.69) is 484 Å². The molecule has 20 rings (SSSR count). The monoisotopic (exact) mass is 1480 g/mol. The van der Waals surface area contributed by atoms with Gasteiger partial charge in [-0.3, -0.25) is 0 Å². The molecule has 0 aliphatic rings. The fourth-order valence-electron chi connectivity index (χ4n) is 17.0. The molecule has 0 spiro atoms. The molecule has 0 unspecified atom stereocenters. The van der Waals surface area contributed by atoms with E-state index < -0.39 is 0 Å². The Hall–Kier alpha value is -14.8. The van der Waals surface area contributed by atoms with Crippen LogP contribution in [0.4, 0.5) is 68.2 Å². The van der Waals surface area contributed by atoms with Crippen LogP contribution in [0, 0.1) is 27.7 Å². The van der Waals surface area contributed by atoms with Crippen LogP contribution in [0.3, 0.4) is 0 Å². The molecule has 116 heavy (non-hydrogen) atoms. The molecular formula is C112H84N4. The molecule has 0 saturated carbocycles. The molecule has 0 atom stereocenters. The Bertz CT molecular complexity index is 6510. The molecule has 0 amide bonds. The van der Waals surface area contributed by atoms with Crippen molar-refractivity contribution in [2.24, 2.45) is 0 Å². The fourth-order valence-corrected chi connectivity index (χ4v) is 17.0. The molecule has 4 heteroatoms. The number of aryl methyl sites for hydroxylation is 4. The van der Waals surface area contributed by atoms with E-state index in [0.29, 0.717) is 0 Å². The van der Waals surface area contributed by atoms with E-state index >= 15 is 0 Å². The summed E-state index contributed by atoms with van der Waals surface area (Å²) >= 11 is 0. The maximum absolute atomic E-state index is 2.41. The number of hydrogen-bond acceptors (Lipinski definition) is 4. The molecule has 20 aromatic rings. The highest BCUT2D eigenvalue weighted by Gasteiger charge is 2.22. The third-order valence-corrected chi connectivity index (χ3v) is 22.7. The molecule has 0 aromatic heterocycles. The molecule has 0 N–H and O–H groups in total. The Morgan fingerprint density at radius 1 is 0.121 bits per heavy atom. The molecule has 0 radical (unpaired) electrons. The molecule has 0 aliphatic carbocycles. The van der Waals surface area contributed by atoms with Crippen molar-refractivity contribution in [2.75, 3.05) is 19.6 Å². The zero-order chi connectivity index (χ0) is 78.0. The predicted octanol–water partition coefficient (Wildman–Crippen LogP) is 32.1. The molecule has 0 saturated heterocycles. The normalized spacial score (nSPS) is 11.3. The second-order valence-electron chi connectivity index (χ2n) is 30.3. The van der Waals surface area contributed by atoms with E-state index in [-0.39, 0.29) is 0 Å². The van der Waals surface area contributed by atoms with Gasteiger partial charge in [-0.25, -0.2) is 0 Å². The minimum absolute atomic E-state index is 1.12. The maximum Gasteiger partial charge on any atom is 0.0464 e. The van der Waals surface area contributed by atoms with Gasteiger partial charge in [-0.05, 0) is 318 Å². The van der Waals surface area contributed by atoms with E-state index in [1.54, 1.807) is 0 Å². The van der Waals surface area contributed by atoms with Gasteiger partial charge in [0.1, 0.15) is 0 Å². The minimum atomic E-state index is 1.12. The van der Waals surface area contributed by atoms with Crippen molar-refractivity contribution in [3.63, 3.8) is 0 Å². The summed E-state index contributed by atoms with van der Waals surface area (Å²) in [7, 11) is 0. The van der Waals surface area contributed by atoms with E-state index in [4.69, 9.17) is 0 Å². The van der Waals surface area contributed by atoms with Crippen LogP contribution in [-0.2, 0) is 0 Å². The van der Waals surface area contributed by atoms with Crippen LogP contribution >= 0.6 is 0 Å². The standard InChI is InChI=1S/2C56H42N2/c1-39-15-13-21-47(35-39)57(43-17-5-3-6-18-43)45-31-27-41(28-32-45)53-37-55-52-26-12-10-24-50(52)54(38-56(55)51-25-11-9-23-49(51)53)42-29-33-46(34-30-42)58(44-19-7-4-8-20-44)48-22-14-16-40(2)36-48;1-39-21-29-45(30-22-39)57(43-13-5-3-6-14-43)47-33-25-41(26-34-47)53-37-55-52-20-12-10-18-50(52)54(38-56(55)51-19-11-9-17-49(51)53)42-27-35-48(36-28-42)58(44-15-7-4-8-16-44)46-31-23-40(2)24-32-46/h2*3-38H,1-2H3. The van der Waals surface area contributed by atoms with Crippen LogP contribution in [0.5, 0.6) is 0 Å². The first kappa shape index (κ1) is 71.5. The first-order valence-corrected chi connectivity index (χ1v) is 40.0. The van der Waals surface area contributed by atoms with Crippen LogP contribution in [0.25, 0.3) is 109 Å². The number of fused-ring (bicyclic) bond motifs is 10. The summed E-state index contributed by atoms with van der Waals surface area (Å²) in [5.74, 6) is 0. The largest absolute Gasteiger partial charge is 0.311 e. The third kappa shape index (κ3) is 14.0. The number of rotatable bonds is 16. The molecule has 0 bridgehead atoms. The van der Waals surface area contributed by atoms with E-state index in [1.807, 2.05) is 0 Å².